The van der Waals surface area contributed by atoms with Crippen LogP contribution < -0.4 is 4.90 Å². The van der Waals surface area contributed by atoms with Gasteiger partial charge in [-0.3, -0.25) is 4.79 Å². The molecule has 0 spiro atoms. The van der Waals surface area contributed by atoms with Crippen molar-refractivity contribution in [3.8, 4) is 0 Å². The molecule has 0 N–H and O–H groups in total. The molecule has 23 heavy (non-hydrogen) atoms. The summed E-state index contributed by atoms with van der Waals surface area (Å²) in [5, 5.41) is 0.0525. The van der Waals surface area contributed by atoms with Gasteiger partial charge in [-0.1, -0.05) is 23.2 Å². The van der Waals surface area contributed by atoms with Crippen molar-refractivity contribution in [1.29, 1.82) is 0 Å². The number of Topliss-reactive ketones (excluding diaryl/α,β-unsaturated/α-hetero) is 1. The molecule has 3 rings (SSSR count). The molecule has 1 heterocycles. The van der Waals surface area contributed by atoms with Crippen LogP contribution in [0.4, 0.5) is 24.5 Å². The highest BCUT2D eigenvalue weighted by Crippen LogP contribution is 2.42. The normalized spacial score (nSPS) is 14.8. The summed E-state index contributed by atoms with van der Waals surface area (Å²) in [6, 6.07) is 8.72. The topological polar surface area (TPSA) is 20.3 Å². The fraction of sp³-hybridized carbons (Fsp3) is 0.188. The third kappa shape index (κ3) is 3.03. The molecule has 2 aromatic carbocycles. The number of hydrogen-bond donors (Lipinski definition) is 0. The highest BCUT2D eigenvalue weighted by atomic mass is 35.5. The summed E-state index contributed by atoms with van der Waals surface area (Å²) in [6.45, 7) is 0.298. The third-order valence-electron chi connectivity index (χ3n) is 3.68. The highest BCUT2D eigenvalue weighted by molar-refractivity contribution is 6.32. The lowest BCUT2D eigenvalue weighted by Gasteiger charge is -2.31. The fourth-order valence-corrected chi connectivity index (χ4v) is 2.98. The number of ketones is 1. The summed E-state index contributed by atoms with van der Waals surface area (Å²) < 4.78 is 39.3. The van der Waals surface area contributed by atoms with Gasteiger partial charge in [0.25, 0.3) is 0 Å². The van der Waals surface area contributed by atoms with Crippen LogP contribution in [0.2, 0.25) is 10.0 Å². The maximum atomic E-state index is 13.1. The van der Waals surface area contributed by atoms with E-state index in [1.54, 1.807) is 29.2 Å². The minimum atomic E-state index is -4.59. The first kappa shape index (κ1) is 16.1. The van der Waals surface area contributed by atoms with Gasteiger partial charge in [-0.15, -0.1) is 0 Å². The number of hydrogen-bond acceptors (Lipinski definition) is 2. The van der Waals surface area contributed by atoms with Gasteiger partial charge in [0.2, 0.25) is 0 Å². The van der Waals surface area contributed by atoms with Gasteiger partial charge >= 0.3 is 6.18 Å². The zero-order chi connectivity index (χ0) is 16.8. The average Bonchev–Trinajstić information content (AvgIpc) is 2.48. The molecule has 1 aliphatic heterocycles. The second-order valence-corrected chi connectivity index (χ2v) is 5.99. The maximum Gasteiger partial charge on any atom is 0.417 e. The molecule has 0 fully saturated rings. The van der Waals surface area contributed by atoms with Gasteiger partial charge in [-0.05, 0) is 36.4 Å². The van der Waals surface area contributed by atoms with Gasteiger partial charge in [0.05, 0.1) is 16.3 Å². The Morgan fingerprint density at radius 3 is 2.30 bits per heavy atom. The number of carbonyl (C=O) groups is 1. The third-order valence-corrected chi connectivity index (χ3v) is 4.25. The maximum absolute atomic E-state index is 13.1. The number of halogens is 5. The molecule has 7 heteroatoms. The predicted octanol–water partition coefficient (Wildman–Crippen LogP) is 5.74. The van der Waals surface area contributed by atoms with Crippen molar-refractivity contribution in [2.45, 2.75) is 12.6 Å². The Hall–Kier alpha value is -1.72. The first-order chi connectivity index (χ1) is 10.8. The van der Waals surface area contributed by atoms with E-state index in [2.05, 4.69) is 0 Å². The van der Waals surface area contributed by atoms with Gasteiger partial charge in [0.15, 0.2) is 5.78 Å². The van der Waals surface area contributed by atoms with Crippen molar-refractivity contribution >= 4 is 40.4 Å². The zero-order valence-electron chi connectivity index (χ0n) is 11.6. The van der Waals surface area contributed by atoms with Crippen molar-refractivity contribution in [1.82, 2.24) is 0 Å². The van der Waals surface area contributed by atoms with E-state index in [0.29, 0.717) is 17.3 Å². The van der Waals surface area contributed by atoms with E-state index in [-0.39, 0.29) is 23.5 Å². The lowest BCUT2D eigenvalue weighted by molar-refractivity contribution is -0.137. The minimum Gasteiger partial charge on any atom is -0.340 e. The summed E-state index contributed by atoms with van der Waals surface area (Å²) in [6.07, 6.45) is -4.38. The molecular formula is C16H10Cl2F3NO. The number of rotatable bonds is 1. The Bertz CT molecular complexity index is 772. The minimum absolute atomic E-state index is 0.198. The summed E-state index contributed by atoms with van der Waals surface area (Å²) in [5.41, 5.74) is 0.120. The summed E-state index contributed by atoms with van der Waals surface area (Å²) >= 11 is 11.6. The summed E-state index contributed by atoms with van der Waals surface area (Å²) in [4.78, 5) is 13.7. The van der Waals surface area contributed by atoms with Crippen LogP contribution in [-0.2, 0) is 6.18 Å². The van der Waals surface area contributed by atoms with E-state index in [9.17, 15) is 18.0 Å². The number of benzene rings is 2. The standard InChI is InChI=1S/C16H10Cl2F3NO/c17-9-1-3-10(4-2-9)22-6-5-15(23)11-7-13(18)12(8-14(11)22)16(19,20)21/h1-4,7-8H,5-6H2. The second kappa shape index (κ2) is 5.73. The van der Waals surface area contributed by atoms with E-state index in [4.69, 9.17) is 23.2 Å². The first-order valence-electron chi connectivity index (χ1n) is 6.74. The van der Waals surface area contributed by atoms with E-state index < -0.39 is 16.8 Å². The lowest BCUT2D eigenvalue weighted by atomic mass is 9.97. The van der Waals surface area contributed by atoms with E-state index in [0.717, 1.165) is 12.1 Å². The van der Waals surface area contributed by atoms with E-state index >= 15 is 0 Å². The van der Waals surface area contributed by atoms with Crippen LogP contribution in [0.3, 0.4) is 0 Å². The predicted molar refractivity (Wildman–Crippen MR) is 83.9 cm³/mol. The first-order valence-corrected chi connectivity index (χ1v) is 7.50. The molecule has 0 bridgehead atoms. The van der Waals surface area contributed by atoms with Crippen molar-refractivity contribution in [3.05, 3.63) is 57.6 Å². The molecule has 0 aliphatic carbocycles. The van der Waals surface area contributed by atoms with Gasteiger partial charge < -0.3 is 4.90 Å². The van der Waals surface area contributed by atoms with Crippen molar-refractivity contribution < 1.29 is 18.0 Å². The molecule has 2 nitrogen and oxygen atoms in total. The Morgan fingerprint density at radius 2 is 1.70 bits per heavy atom. The van der Waals surface area contributed by atoms with Crippen molar-refractivity contribution in [3.63, 3.8) is 0 Å². The Morgan fingerprint density at radius 1 is 1.04 bits per heavy atom. The van der Waals surface area contributed by atoms with Gasteiger partial charge in [-0.25, -0.2) is 0 Å². The Balaban J connectivity index is 2.16. The SMILES string of the molecule is O=C1CCN(c2ccc(Cl)cc2)c2cc(C(F)(F)F)c(Cl)cc21. The van der Waals surface area contributed by atoms with Crippen molar-refractivity contribution in [2.24, 2.45) is 0 Å². The van der Waals surface area contributed by atoms with Crippen LogP contribution in [0, 0.1) is 0 Å². The van der Waals surface area contributed by atoms with E-state index in [1.165, 1.54) is 0 Å². The molecule has 1 aliphatic rings. The Kier molecular flexibility index (Phi) is 4.02. The van der Waals surface area contributed by atoms with Gasteiger partial charge in [-0.2, -0.15) is 13.2 Å². The Labute approximate surface area is 140 Å². The number of nitrogens with zero attached hydrogens (tertiary/aromatic N) is 1. The van der Waals surface area contributed by atoms with Crippen LogP contribution in [0.1, 0.15) is 22.3 Å². The molecular weight excluding hydrogens is 350 g/mol. The number of fused-ring (bicyclic) bond motifs is 1. The number of alkyl halides is 3. The smallest absolute Gasteiger partial charge is 0.340 e. The largest absolute Gasteiger partial charge is 0.417 e. The average molecular weight is 360 g/mol. The fourth-order valence-electron chi connectivity index (χ4n) is 2.58. The van der Waals surface area contributed by atoms with Crippen LogP contribution in [-0.4, -0.2) is 12.3 Å². The van der Waals surface area contributed by atoms with Crippen LogP contribution in [0.15, 0.2) is 36.4 Å². The zero-order valence-corrected chi connectivity index (χ0v) is 13.1. The summed E-state index contributed by atoms with van der Waals surface area (Å²) in [7, 11) is 0. The number of carbonyl (C=O) groups excluding carboxylic acids is 1. The van der Waals surface area contributed by atoms with Crippen LogP contribution in [0.5, 0.6) is 0 Å². The quantitative estimate of drug-likeness (QED) is 0.647. The molecule has 0 radical (unpaired) electrons. The van der Waals surface area contributed by atoms with E-state index in [1.807, 2.05) is 0 Å². The van der Waals surface area contributed by atoms with Crippen molar-refractivity contribution in [2.75, 3.05) is 11.4 Å². The van der Waals surface area contributed by atoms with Crippen LogP contribution in [0.25, 0.3) is 0 Å². The lowest BCUT2D eigenvalue weighted by Crippen LogP contribution is -2.28. The molecule has 0 saturated heterocycles. The highest BCUT2D eigenvalue weighted by Gasteiger charge is 2.36. The number of anilines is 2. The molecule has 0 aromatic heterocycles. The summed E-state index contributed by atoms with van der Waals surface area (Å²) in [5.74, 6) is -0.221. The van der Waals surface area contributed by atoms with Gasteiger partial charge in [0.1, 0.15) is 0 Å². The molecule has 0 unspecified atom stereocenters. The van der Waals surface area contributed by atoms with Gasteiger partial charge in [0, 0.05) is 29.2 Å². The molecule has 120 valence electrons. The monoisotopic (exact) mass is 359 g/mol. The van der Waals surface area contributed by atoms with Crippen LogP contribution >= 0.6 is 23.2 Å². The molecule has 0 amide bonds. The second-order valence-electron chi connectivity index (χ2n) is 5.15. The molecule has 0 saturated carbocycles. The molecule has 2 aromatic rings. The molecule has 0 atom stereocenters.